The van der Waals surface area contributed by atoms with Gasteiger partial charge in [-0.3, -0.25) is 18.6 Å². The zero-order valence-corrected chi connectivity index (χ0v) is 17.0. The van der Waals surface area contributed by atoms with Crippen LogP contribution in [0.5, 0.6) is 0 Å². The van der Waals surface area contributed by atoms with Gasteiger partial charge in [0.05, 0.1) is 30.3 Å². The molecule has 1 N–H and O–H groups in total. The van der Waals surface area contributed by atoms with Crippen LogP contribution in [0.1, 0.15) is 21.8 Å². The lowest BCUT2D eigenvalue weighted by Gasteiger charge is -2.11. The molecule has 8 heteroatoms. The van der Waals surface area contributed by atoms with Crippen LogP contribution in [-0.4, -0.2) is 19.9 Å². The quantitative estimate of drug-likeness (QED) is 0.457. The fourth-order valence-electron chi connectivity index (χ4n) is 3.56. The average Bonchev–Trinajstić information content (AvgIpc) is 3.46. The maximum Gasteiger partial charge on any atom is 0.271 e. The van der Waals surface area contributed by atoms with Crippen LogP contribution in [0.3, 0.4) is 0 Å². The predicted octanol–water partition coefficient (Wildman–Crippen LogP) is 3.87. The highest BCUT2D eigenvalue weighted by Crippen LogP contribution is 2.19. The Morgan fingerprint density at radius 2 is 1.87 bits per heavy atom. The normalized spacial score (nSPS) is 11.3. The molecule has 154 valence electrons. The molecule has 0 atom stereocenters. The molecule has 5 aromatic rings. The second kappa shape index (κ2) is 7.77. The molecule has 2 aromatic carbocycles. The van der Waals surface area contributed by atoms with Crippen molar-refractivity contribution < 1.29 is 9.21 Å². The van der Waals surface area contributed by atoms with E-state index in [1.54, 1.807) is 41.1 Å². The van der Waals surface area contributed by atoms with Crippen molar-refractivity contribution in [1.29, 1.82) is 0 Å². The number of rotatable bonds is 5. The van der Waals surface area contributed by atoms with E-state index < -0.39 is 0 Å². The van der Waals surface area contributed by atoms with Crippen LogP contribution in [0, 0.1) is 0 Å². The number of fused-ring (bicyclic) bond motifs is 3. The van der Waals surface area contributed by atoms with Gasteiger partial charge in [-0.05, 0) is 35.9 Å². The number of hydrogen-bond acceptors (Lipinski definition) is 4. The van der Waals surface area contributed by atoms with E-state index in [1.807, 2.05) is 36.4 Å². The van der Waals surface area contributed by atoms with E-state index in [4.69, 9.17) is 16.0 Å². The van der Waals surface area contributed by atoms with Crippen molar-refractivity contribution in [3.05, 3.63) is 106 Å². The van der Waals surface area contributed by atoms with Crippen molar-refractivity contribution in [2.75, 3.05) is 0 Å². The van der Waals surface area contributed by atoms with Crippen molar-refractivity contribution in [3.8, 4) is 0 Å². The fourth-order valence-corrected chi connectivity index (χ4v) is 3.75. The molecule has 0 aliphatic heterocycles. The molecule has 7 nitrogen and oxygen atoms in total. The van der Waals surface area contributed by atoms with Gasteiger partial charge in [0, 0.05) is 11.2 Å². The molecule has 0 saturated carbocycles. The van der Waals surface area contributed by atoms with Gasteiger partial charge < -0.3 is 9.73 Å². The van der Waals surface area contributed by atoms with E-state index in [1.165, 1.54) is 4.57 Å². The minimum Gasteiger partial charge on any atom is -0.467 e. The van der Waals surface area contributed by atoms with Crippen molar-refractivity contribution in [3.63, 3.8) is 0 Å². The Morgan fingerprint density at radius 1 is 1.06 bits per heavy atom. The highest BCUT2D eigenvalue weighted by atomic mass is 35.5. The number of carbonyl (C=O) groups excluding carboxylic acids is 1. The van der Waals surface area contributed by atoms with Gasteiger partial charge in [-0.2, -0.15) is 0 Å². The Kier molecular flexibility index (Phi) is 4.80. The van der Waals surface area contributed by atoms with Gasteiger partial charge in [0.25, 0.3) is 11.5 Å². The minimum atomic E-state index is -0.360. The van der Waals surface area contributed by atoms with Gasteiger partial charge in [0.1, 0.15) is 11.5 Å². The second-order valence-corrected chi connectivity index (χ2v) is 7.47. The zero-order chi connectivity index (χ0) is 21.4. The summed E-state index contributed by atoms with van der Waals surface area (Å²) >= 11 is 6.33. The molecule has 3 aromatic heterocycles. The Balaban J connectivity index is 1.63. The van der Waals surface area contributed by atoms with Gasteiger partial charge in [-0.1, -0.05) is 41.9 Å². The van der Waals surface area contributed by atoms with Gasteiger partial charge >= 0.3 is 0 Å². The summed E-state index contributed by atoms with van der Waals surface area (Å²) < 4.78 is 8.54. The largest absolute Gasteiger partial charge is 0.467 e. The van der Waals surface area contributed by atoms with Crippen molar-refractivity contribution >= 4 is 34.2 Å². The number of halogens is 1. The standard InChI is InChI=1S/C23H17ClN4O3/c24-18-9-3-1-6-15(18)13-28-22(30)17-8-2-4-10-20(17)27-14-19(26-23(27)28)21(29)25-12-16-7-5-11-31-16/h1-11,14H,12-13H2,(H,25,29). The molecule has 0 fully saturated rings. The van der Waals surface area contributed by atoms with E-state index in [9.17, 15) is 9.59 Å². The van der Waals surface area contributed by atoms with Crippen LogP contribution < -0.4 is 10.9 Å². The smallest absolute Gasteiger partial charge is 0.271 e. The number of aromatic nitrogens is 3. The monoisotopic (exact) mass is 432 g/mol. The third kappa shape index (κ3) is 3.49. The van der Waals surface area contributed by atoms with Gasteiger partial charge in [0.2, 0.25) is 5.78 Å². The average molecular weight is 433 g/mol. The van der Waals surface area contributed by atoms with Gasteiger partial charge in [0.15, 0.2) is 0 Å². The Hall–Kier alpha value is -3.84. The van der Waals surface area contributed by atoms with Crippen molar-refractivity contribution in [2.24, 2.45) is 0 Å². The summed E-state index contributed by atoms with van der Waals surface area (Å²) in [6, 6.07) is 18.1. The van der Waals surface area contributed by atoms with Crippen LogP contribution in [0.2, 0.25) is 5.02 Å². The molecule has 0 aliphatic carbocycles. The van der Waals surface area contributed by atoms with Gasteiger partial charge in [-0.25, -0.2) is 4.98 Å². The minimum absolute atomic E-state index is 0.198. The first-order chi connectivity index (χ1) is 15.1. The molecule has 1 amide bonds. The third-order valence-corrected chi connectivity index (χ3v) is 5.46. The van der Waals surface area contributed by atoms with E-state index in [2.05, 4.69) is 10.3 Å². The number of amides is 1. The van der Waals surface area contributed by atoms with Crippen LogP contribution >= 0.6 is 11.6 Å². The lowest BCUT2D eigenvalue weighted by molar-refractivity contribution is 0.0943. The predicted molar refractivity (Wildman–Crippen MR) is 117 cm³/mol. The van der Waals surface area contributed by atoms with E-state index in [0.29, 0.717) is 27.5 Å². The maximum atomic E-state index is 13.3. The third-order valence-electron chi connectivity index (χ3n) is 5.09. The number of hydrogen-bond donors (Lipinski definition) is 1. The van der Waals surface area contributed by atoms with Crippen molar-refractivity contribution in [1.82, 2.24) is 19.3 Å². The zero-order valence-electron chi connectivity index (χ0n) is 16.3. The van der Waals surface area contributed by atoms with Crippen molar-refractivity contribution in [2.45, 2.75) is 13.1 Å². The molecular formula is C23H17ClN4O3. The van der Waals surface area contributed by atoms with E-state index in [0.717, 1.165) is 5.56 Å². The fraction of sp³-hybridized carbons (Fsp3) is 0.0870. The Bertz CT molecular complexity index is 1470. The summed E-state index contributed by atoms with van der Waals surface area (Å²) in [6.45, 7) is 0.476. The maximum absolute atomic E-state index is 13.3. The SMILES string of the molecule is O=C(NCc1ccco1)c1cn2c3ccccc3c(=O)n(Cc3ccccc3Cl)c2n1. The Labute approximate surface area is 181 Å². The topological polar surface area (TPSA) is 81.5 Å². The molecule has 0 bridgehead atoms. The molecule has 5 rings (SSSR count). The van der Waals surface area contributed by atoms with Gasteiger partial charge in [-0.15, -0.1) is 0 Å². The summed E-state index contributed by atoms with van der Waals surface area (Å²) in [5, 5.41) is 3.87. The molecule has 0 radical (unpaired) electrons. The summed E-state index contributed by atoms with van der Waals surface area (Å²) in [5.74, 6) is 0.644. The number of carbonyl (C=O) groups is 1. The first-order valence-corrected chi connectivity index (χ1v) is 10.0. The molecule has 0 saturated heterocycles. The Morgan fingerprint density at radius 3 is 2.68 bits per heavy atom. The first-order valence-electron chi connectivity index (χ1n) is 9.66. The molecule has 3 heterocycles. The van der Waals surface area contributed by atoms with Crippen LogP contribution in [-0.2, 0) is 13.1 Å². The van der Waals surface area contributed by atoms with Crippen LogP contribution in [0.15, 0.2) is 82.3 Å². The van der Waals surface area contributed by atoms with E-state index in [-0.39, 0.29) is 30.2 Å². The first kappa shape index (κ1) is 19.1. The van der Waals surface area contributed by atoms with Crippen LogP contribution in [0.25, 0.3) is 16.7 Å². The second-order valence-electron chi connectivity index (χ2n) is 7.06. The number of imidazole rings is 1. The number of furan rings is 1. The molecular weight excluding hydrogens is 416 g/mol. The highest BCUT2D eigenvalue weighted by Gasteiger charge is 2.18. The lowest BCUT2D eigenvalue weighted by atomic mass is 10.2. The molecule has 0 spiro atoms. The summed E-state index contributed by atoms with van der Waals surface area (Å²) in [7, 11) is 0. The van der Waals surface area contributed by atoms with E-state index >= 15 is 0 Å². The molecule has 0 unspecified atom stereocenters. The summed E-state index contributed by atoms with van der Waals surface area (Å²) in [6.07, 6.45) is 3.18. The number of nitrogens with one attached hydrogen (secondary N) is 1. The summed E-state index contributed by atoms with van der Waals surface area (Å²) in [5.41, 5.74) is 1.47. The van der Waals surface area contributed by atoms with Crippen LogP contribution in [0.4, 0.5) is 0 Å². The highest BCUT2D eigenvalue weighted by molar-refractivity contribution is 6.31. The molecule has 0 aliphatic rings. The molecule has 31 heavy (non-hydrogen) atoms. The number of benzene rings is 2. The lowest BCUT2D eigenvalue weighted by Crippen LogP contribution is -2.24. The number of nitrogens with zero attached hydrogens (tertiary/aromatic N) is 3. The number of para-hydroxylation sites is 1. The summed E-state index contributed by atoms with van der Waals surface area (Å²) in [4.78, 5) is 30.5.